The molecule has 1 heteroatoms. The summed E-state index contributed by atoms with van der Waals surface area (Å²) in [6.45, 7) is 19.5. The van der Waals surface area contributed by atoms with Crippen LogP contribution in [0.3, 0.4) is 0 Å². The van der Waals surface area contributed by atoms with Crippen molar-refractivity contribution in [1.29, 1.82) is 0 Å². The van der Waals surface area contributed by atoms with E-state index in [2.05, 4.69) is 79.7 Å². The number of hydrogen-bond donors (Lipinski definition) is 0. The highest BCUT2D eigenvalue weighted by atomic mass is 16.1. The first-order valence-corrected chi connectivity index (χ1v) is 17.2. The lowest BCUT2D eigenvalue weighted by molar-refractivity contribution is -0.165. The van der Waals surface area contributed by atoms with E-state index < -0.39 is 0 Å². The van der Waals surface area contributed by atoms with Gasteiger partial charge in [0.15, 0.2) is 0 Å². The Kier molecular flexibility index (Phi) is 7.07. The molecule has 2 fully saturated rings. The summed E-state index contributed by atoms with van der Waals surface area (Å²) in [6.07, 6.45) is 24.8. The Bertz CT molecular complexity index is 1090. The summed E-state index contributed by atoms with van der Waals surface area (Å²) in [6, 6.07) is 0. The molecule has 6 aliphatic rings. The quantitative estimate of drug-likeness (QED) is 0.345. The minimum atomic E-state index is -0.203. The fourth-order valence-corrected chi connectivity index (χ4v) is 11.9. The molecule has 0 aromatic rings. The summed E-state index contributed by atoms with van der Waals surface area (Å²) in [4.78, 5) is 15.3. The van der Waals surface area contributed by atoms with Crippen molar-refractivity contribution in [2.75, 3.05) is 0 Å². The number of fused-ring (bicyclic) bond motifs is 6. The molecule has 8 atom stereocenters. The van der Waals surface area contributed by atoms with Gasteiger partial charge >= 0.3 is 0 Å². The molecule has 0 aromatic heterocycles. The van der Waals surface area contributed by atoms with Crippen LogP contribution in [0.1, 0.15) is 132 Å². The summed E-state index contributed by atoms with van der Waals surface area (Å²) < 4.78 is 0. The van der Waals surface area contributed by atoms with Crippen molar-refractivity contribution in [3.05, 3.63) is 46.6 Å². The van der Waals surface area contributed by atoms with Crippen molar-refractivity contribution in [3.63, 3.8) is 0 Å². The molecular formula is C39H58O. The normalized spacial score (nSPS) is 44.9. The van der Waals surface area contributed by atoms with Crippen molar-refractivity contribution < 1.29 is 4.79 Å². The zero-order valence-corrected chi connectivity index (χ0v) is 27.2. The number of Topliss-reactive ketones (excluding diaryl/α,β-unsaturated/α-hetero) is 1. The topological polar surface area (TPSA) is 17.1 Å². The van der Waals surface area contributed by atoms with E-state index in [1.165, 1.54) is 51.4 Å². The van der Waals surface area contributed by atoms with Crippen LogP contribution in [0.15, 0.2) is 46.6 Å². The van der Waals surface area contributed by atoms with Crippen molar-refractivity contribution in [1.82, 2.24) is 0 Å². The Hall–Kier alpha value is -1.37. The highest BCUT2D eigenvalue weighted by Gasteiger charge is 2.63. The predicted molar refractivity (Wildman–Crippen MR) is 169 cm³/mol. The van der Waals surface area contributed by atoms with Crippen LogP contribution in [-0.4, -0.2) is 5.78 Å². The van der Waals surface area contributed by atoms with Gasteiger partial charge in [-0.2, -0.15) is 0 Å². The number of hydrogen-bond acceptors (Lipinski definition) is 1. The lowest BCUT2D eigenvalue weighted by Gasteiger charge is -2.62. The maximum Gasteiger partial charge on any atom is 0.145 e. The number of rotatable bonds is 4. The van der Waals surface area contributed by atoms with Gasteiger partial charge in [0, 0.05) is 10.8 Å². The van der Waals surface area contributed by atoms with Crippen LogP contribution in [0.2, 0.25) is 0 Å². The molecule has 6 rings (SSSR count). The Balaban J connectivity index is 1.34. The average Bonchev–Trinajstić information content (AvgIpc) is 2.91. The van der Waals surface area contributed by atoms with Crippen LogP contribution < -0.4 is 0 Å². The summed E-state index contributed by atoms with van der Waals surface area (Å²) in [5.74, 6) is 4.18. The SMILES string of the molecule is CC(C)C1=CC2=CC[C@@H]3[C@](C)(CCC[C@@]3(C)C(=O)[C@]3(C)CCC[C@@]4(C)[C@H]3CC=C3C=C(C(C)C)CC[C@@H]34)[C@H]2CC1. The molecule has 0 N–H and O–H groups in total. The highest BCUT2D eigenvalue weighted by molar-refractivity contribution is 5.91. The Labute approximate surface area is 246 Å². The van der Waals surface area contributed by atoms with Gasteiger partial charge in [-0.25, -0.2) is 0 Å². The molecule has 0 amide bonds. The van der Waals surface area contributed by atoms with Gasteiger partial charge in [0.2, 0.25) is 0 Å². The third-order valence-electron chi connectivity index (χ3n) is 14.2. The first-order valence-electron chi connectivity index (χ1n) is 17.2. The fraction of sp³-hybridized carbons (Fsp3) is 0.769. The average molecular weight is 543 g/mol. The second kappa shape index (κ2) is 9.84. The fourth-order valence-electron chi connectivity index (χ4n) is 11.9. The molecule has 2 saturated carbocycles. The van der Waals surface area contributed by atoms with Crippen molar-refractivity contribution >= 4 is 5.78 Å². The number of ketones is 1. The molecule has 0 aromatic carbocycles. The minimum Gasteiger partial charge on any atom is -0.298 e. The summed E-state index contributed by atoms with van der Waals surface area (Å²) >= 11 is 0. The van der Waals surface area contributed by atoms with E-state index in [0.717, 1.165) is 25.7 Å². The number of allylic oxidation sites excluding steroid dienone is 8. The third kappa shape index (κ3) is 4.09. The van der Waals surface area contributed by atoms with Gasteiger partial charge in [0.25, 0.3) is 0 Å². The number of carbonyl (C=O) groups excluding carboxylic acids is 1. The Morgan fingerprint density at radius 1 is 0.675 bits per heavy atom. The van der Waals surface area contributed by atoms with Crippen molar-refractivity contribution in [2.24, 2.45) is 57.2 Å². The lowest BCUT2D eigenvalue weighted by Crippen LogP contribution is -2.60. The van der Waals surface area contributed by atoms with Crippen molar-refractivity contribution in [3.8, 4) is 0 Å². The van der Waals surface area contributed by atoms with Crippen LogP contribution in [0.5, 0.6) is 0 Å². The second-order valence-corrected chi connectivity index (χ2v) is 16.8. The van der Waals surface area contributed by atoms with Gasteiger partial charge in [-0.3, -0.25) is 4.79 Å². The van der Waals surface area contributed by atoms with Crippen molar-refractivity contribution in [2.45, 2.75) is 132 Å². The van der Waals surface area contributed by atoms with Gasteiger partial charge in [-0.05, 0) is 122 Å². The van der Waals surface area contributed by atoms with Gasteiger partial charge in [0.05, 0.1) is 0 Å². The van der Waals surface area contributed by atoms with Crippen LogP contribution in [-0.2, 0) is 4.79 Å². The lowest BCUT2D eigenvalue weighted by atomic mass is 9.40. The smallest absolute Gasteiger partial charge is 0.145 e. The van der Waals surface area contributed by atoms with E-state index in [9.17, 15) is 0 Å². The van der Waals surface area contributed by atoms with Gasteiger partial charge in [-0.1, -0.05) is 104 Å². The maximum absolute atomic E-state index is 15.3. The van der Waals surface area contributed by atoms with E-state index in [-0.39, 0.29) is 21.7 Å². The molecule has 0 radical (unpaired) electrons. The molecule has 6 aliphatic carbocycles. The first-order chi connectivity index (χ1) is 18.8. The van der Waals surface area contributed by atoms with Crippen LogP contribution in [0.4, 0.5) is 0 Å². The highest BCUT2D eigenvalue weighted by Crippen LogP contribution is 2.67. The van der Waals surface area contributed by atoms with Crippen LogP contribution in [0, 0.1) is 57.2 Å². The third-order valence-corrected chi connectivity index (χ3v) is 14.2. The van der Waals surface area contributed by atoms with Gasteiger partial charge in [0.1, 0.15) is 5.78 Å². The molecule has 0 saturated heterocycles. The summed E-state index contributed by atoms with van der Waals surface area (Å²) in [7, 11) is 0. The maximum atomic E-state index is 15.3. The van der Waals surface area contributed by atoms with E-state index in [1.54, 1.807) is 22.3 Å². The van der Waals surface area contributed by atoms with E-state index >= 15 is 4.79 Å². The minimum absolute atomic E-state index is 0.203. The molecule has 220 valence electrons. The zero-order valence-electron chi connectivity index (χ0n) is 27.2. The zero-order chi connectivity index (χ0) is 28.7. The Morgan fingerprint density at radius 3 is 1.45 bits per heavy atom. The molecule has 40 heavy (non-hydrogen) atoms. The van der Waals surface area contributed by atoms with E-state index in [4.69, 9.17) is 0 Å². The molecular weight excluding hydrogens is 484 g/mol. The van der Waals surface area contributed by atoms with Crippen LogP contribution in [0.25, 0.3) is 0 Å². The largest absolute Gasteiger partial charge is 0.298 e. The predicted octanol–water partition coefficient (Wildman–Crippen LogP) is 10.8. The van der Waals surface area contributed by atoms with Crippen LogP contribution >= 0.6 is 0 Å². The summed E-state index contributed by atoms with van der Waals surface area (Å²) in [5.41, 5.74) is 6.58. The molecule has 1 nitrogen and oxygen atoms in total. The standard InChI is InChI=1S/C39H58O/c1-25(2)27-11-15-31-29(23-27)13-17-33-36(31,5)19-9-21-38(33,7)35(40)39(8)22-10-20-37(6)32-16-12-28(26(3)4)24-30(32)14-18-34(37)39/h13-14,23-26,31-34H,9-12,15-22H2,1-8H3/t31-,32-,33+,34+,36+,37+,38+,39+/m0/s1. The first kappa shape index (κ1) is 28.7. The molecule has 0 aliphatic heterocycles. The monoisotopic (exact) mass is 542 g/mol. The molecule has 0 spiro atoms. The molecule has 0 heterocycles. The molecule has 0 bridgehead atoms. The van der Waals surface area contributed by atoms with Gasteiger partial charge in [-0.15, -0.1) is 0 Å². The molecule has 0 unspecified atom stereocenters. The Morgan fingerprint density at radius 2 is 1.07 bits per heavy atom. The van der Waals surface area contributed by atoms with E-state index in [0.29, 0.717) is 41.3 Å². The summed E-state index contributed by atoms with van der Waals surface area (Å²) in [5, 5.41) is 0. The second-order valence-electron chi connectivity index (χ2n) is 16.8. The van der Waals surface area contributed by atoms with Gasteiger partial charge < -0.3 is 0 Å². The van der Waals surface area contributed by atoms with E-state index in [1.807, 2.05) is 0 Å². The number of carbonyl (C=O) groups is 1.